The lowest BCUT2D eigenvalue weighted by Gasteiger charge is -2.04. The van der Waals surface area contributed by atoms with Crippen LogP contribution in [0.2, 0.25) is 5.02 Å². The van der Waals surface area contributed by atoms with Crippen LogP contribution >= 0.6 is 11.6 Å². The molecule has 1 aliphatic rings. The van der Waals surface area contributed by atoms with E-state index in [9.17, 15) is 0 Å². The topological polar surface area (TPSA) is 38.1 Å². The first kappa shape index (κ1) is 9.19. The Bertz CT molecular complexity index is 488. The molecule has 78 valence electrons. The number of hydrogen-bond acceptors (Lipinski definition) is 3. The number of nitrogens with one attached hydrogen (secondary N) is 1. The third-order valence-corrected chi connectivity index (χ3v) is 2.97. The minimum Gasteiger partial charge on any atom is -0.458 e. The predicted molar refractivity (Wildman–Crippen MR) is 59.0 cm³/mol. The summed E-state index contributed by atoms with van der Waals surface area (Å²) in [6.45, 7) is 1.07. The minimum atomic E-state index is 0.345. The van der Waals surface area contributed by atoms with E-state index < -0.39 is 0 Å². The molecule has 1 saturated heterocycles. The SMILES string of the molecule is Clc1cnc2cc(C3CCCN3)oc2c1. The summed E-state index contributed by atoms with van der Waals surface area (Å²) >= 11 is 5.85. The van der Waals surface area contributed by atoms with E-state index in [1.807, 2.05) is 12.1 Å². The molecule has 3 heterocycles. The molecule has 1 aliphatic heterocycles. The Morgan fingerprint density at radius 2 is 2.40 bits per heavy atom. The minimum absolute atomic E-state index is 0.345. The highest BCUT2D eigenvalue weighted by molar-refractivity contribution is 6.30. The molecule has 2 aromatic rings. The smallest absolute Gasteiger partial charge is 0.154 e. The largest absolute Gasteiger partial charge is 0.458 e. The molecule has 3 nitrogen and oxygen atoms in total. The van der Waals surface area contributed by atoms with Crippen molar-refractivity contribution in [3.05, 3.63) is 29.1 Å². The van der Waals surface area contributed by atoms with Crippen LogP contribution in [0.4, 0.5) is 0 Å². The fraction of sp³-hybridized carbons (Fsp3) is 0.364. The van der Waals surface area contributed by atoms with Crippen LogP contribution in [0.25, 0.3) is 11.1 Å². The van der Waals surface area contributed by atoms with Gasteiger partial charge in [-0.1, -0.05) is 11.6 Å². The molecule has 1 atom stereocenters. The van der Waals surface area contributed by atoms with Gasteiger partial charge in [0.25, 0.3) is 0 Å². The fourth-order valence-corrected chi connectivity index (χ4v) is 2.16. The quantitative estimate of drug-likeness (QED) is 0.806. The number of hydrogen-bond donors (Lipinski definition) is 1. The van der Waals surface area contributed by atoms with E-state index in [4.69, 9.17) is 16.0 Å². The first-order valence-corrected chi connectivity index (χ1v) is 5.49. The second-order valence-electron chi connectivity index (χ2n) is 3.83. The van der Waals surface area contributed by atoms with Crippen LogP contribution in [0.1, 0.15) is 24.6 Å². The Morgan fingerprint density at radius 1 is 1.47 bits per heavy atom. The molecular formula is C11H11ClN2O. The van der Waals surface area contributed by atoms with Crippen molar-refractivity contribution in [3.8, 4) is 0 Å². The molecule has 3 rings (SSSR count). The number of fused-ring (bicyclic) bond motifs is 1. The number of halogens is 1. The maximum atomic E-state index is 5.85. The molecule has 1 N–H and O–H groups in total. The van der Waals surface area contributed by atoms with Crippen LogP contribution in [0.3, 0.4) is 0 Å². The summed E-state index contributed by atoms with van der Waals surface area (Å²) in [4.78, 5) is 4.22. The molecule has 15 heavy (non-hydrogen) atoms. The van der Waals surface area contributed by atoms with E-state index in [2.05, 4.69) is 10.3 Å². The van der Waals surface area contributed by atoms with Crippen LogP contribution in [0.5, 0.6) is 0 Å². The molecular weight excluding hydrogens is 212 g/mol. The standard InChI is InChI=1S/C11H11ClN2O/c12-7-4-10-9(14-6-7)5-11(15-10)8-2-1-3-13-8/h4-6,8,13H,1-3H2. The van der Waals surface area contributed by atoms with E-state index >= 15 is 0 Å². The van der Waals surface area contributed by atoms with Crippen molar-refractivity contribution in [1.82, 2.24) is 10.3 Å². The second-order valence-corrected chi connectivity index (χ2v) is 4.27. The Balaban J connectivity index is 2.05. The van der Waals surface area contributed by atoms with Crippen molar-refractivity contribution in [1.29, 1.82) is 0 Å². The van der Waals surface area contributed by atoms with Gasteiger partial charge in [0.05, 0.1) is 11.1 Å². The van der Waals surface area contributed by atoms with Gasteiger partial charge in [-0.15, -0.1) is 0 Å². The zero-order valence-corrected chi connectivity index (χ0v) is 8.92. The molecule has 0 aromatic carbocycles. The average molecular weight is 223 g/mol. The van der Waals surface area contributed by atoms with E-state index in [-0.39, 0.29) is 0 Å². The van der Waals surface area contributed by atoms with Gasteiger partial charge in [-0.25, -0.2) is 0 Å². The molecule has 0 saturated carbocycles. The third-order valence-electron chi connectivity index (χ3n) is 2.76. The predicted octanol–water partition coefficient (Wildman–Crippen LogP) is 2.91. The summed E-state index contributed by atoms with van der Waals surface area (Å²) in [6.07, 6.45) is 3.98. The van der Waals surface area contributed by atoms with Gasteiger partial charge in [0.2, 0.25) is 0 Å². The maximum absolute atomic E-state index is 5.85. The Hall–Kier alpha value is -1.06. The van der Waals surface area contributed by atoms with Crippen LogP contribution in [-0.4, -0.2) is 11.5 Å². The summed E-state index contributed by atoms with van der Waals surface area (Å²) in [5.41, 5.74) is 1.65. The molecule has 2 aromatic heterocycles. The molecule has 1 unspecified atom stereocenters. The van der Waals surface area contributed by atoms with Crippen LogP contribution in [0, 0.1) is 0 Å². The number of furan rings is 1. The summed E-state index contributed by atoms with van der Waals surface area (Å²) < 4.78 is 5.72. The molecule has 1 fully saturated rings. The van der Waals surface area contributed by atoms with Crippen molar-refractivity contribution in [2.24, 2.45) is 0 Å². The van der Waals surface area contributed by atoms with Gasteiger partial charge >= 0.3 is 0 Å². The van der Waals surface area contributed by atoms with E-state index in [0.717, 1.165) is 29.8 Å². The summed E-state index contributed by atoms with van der Waals surface area (Å²) in [5, 5.41) is 4.01. The molecule has 0 radical (unpaired) electrons. The number of aromatic nitrogens is 1. The monoisotopic (exact) mass is 222 g/mol. The highest BCUT2D eigenvalue weighted by atomic mass is 35.5. The van der Waals surface area contributed by atoms with Crippen molar-refractivity contribution >= 4 is 22.7 Å². The summed E-state index contributed by atoms with van der Waals surface area (Å²) in [7, 11) is 0. The van der Waals surface area contributed by atoms with Gasteiger partial charge < -0.3 is 9.73 Å². The first-order valence-electron chi connectivity index (χ1n) is 5.11. The number of rotatable bonds is 1. The lowest BCUT2D eigenvalue weighted by molar-refractivity contribution is 0.471. The van der Waals surface area contributed by atoms with Gasteiger partial charge in [-0.2, -0.15) is 0 Å². The van der Waals surface area contributed by atoms with Gasteiger partial charge in [0, 0.05) is 18.3 Å². The fourth-order valence-electron chi connectivity index (χ4n) is 2.01. The van der Waals surface area contributed by atoms with Crippen molar-refractivity contribution < 1.29 is 4.42 Å². The summed E-state index contributed by atoms with van der Waals surface area (Å²) in [6, 6.07) is 4.15. The van der Waals surface area contributed by atoms with E-state index in [1.54, 1.807) is 6.20 Å². The van der Waals surface area contributed by atoms with Crippen molar-refractivity contribution in [2.75, 3.05) is 6.54 Å². The van der Waals surface area contributed by atoms with Crippen molar-refractivity contribution in [3.63, 3.8) is 0 Å². The molecule has 0 spiro atoms. The third kappa shape index (κ3) is 1.62. The maximum Gasteiger partial charge on any atom is 0.154 e. The van der Waals surface area contributed by atoms with E-state index in [1.165, 1.54) is 6.42 Å². The molecule has 0 amide bonds. The van der Waals surface area contributed by atoms with Gasteiger partial charge in [0.15, 0.2) is 5.58 Å². The zero-order chi connectivity index (χ0) is 10.3. The summed E-state index contributed by atoms with van der Waals surface area (Å²) in [5.74, 6) is 0.970. The number of pyridine rings is 1. The normalized spacial score (nSPS) is 21.3. The second kappa shape index (κ2) is 3.51. The highest BCUT2D eigenvalue weighted by Gasteiger charge is 2.20. The lowest BCUT2D eigenvalue weighted by atomic mass is 10.2. The van der Waals surface area contributed by atoms with E-state index in [0.29, 0.717) is 11.1 Å². The van der Waals surface area contributed by atoms with Crippen LogP contribution in [0.15, 0.2) is 22.7 Å². The zero-order valence-electron chi connectivity index (χ0n) is 8.16. The van der Waals surface area contributed by atoms with Gasteiger partial charge in [0.1, 0.15) is 11.3 Å². The Morgan fingerprint density at radius 3 is 3.20 bits per heavy atom. The van der Waals surface area contributed by atoms with Gasteiger partial charge in [-0.05, 0) is 19.4 Å². The molecule has 0 bridgehead atoms. The van der Waals surface area contributed by atoms with Crippen molar-refractivity contribution in [2.45, 2.75) is 18.9 Å². The van der Waals surface area contributed by atoms with Gasteiger partial charge in [-0.3, -0.25) is 4.98 Å². The lowest BCUT2D eigenvalue weighted by Crippen LogP contribution is -2.11. The van der Waals surface area contributed by atoms with Crippen LogP contribution < -0.4 is 5.32 Å². The molecule has 0 aliphatic carbocycles. The molecule has 4 heteroatoms. The number of nitrogens with zero attached hydrogens (tertiary/aromatic N) is 1. The average Bonchev–Trinajstić information content (AvgIpc) is 2.84. The Kier molecular flexibility index (Phi) is 2.15. The Labute approximate surface area is 92.4 Å². The first-order chi connectivity index (χ1) is 7.33. The van der Waals surface area contributed by atoms with Crippen LogP contribution in [-0.2, 0) is 0 Å². The highest BCUT2D eigenvalue weighted by Crippen LogP contribution is 2.28.